The molecule has 0 N–H and O–H groups in total. The number of rotatable bonds is 0. The molecule has 0 unspecified atom stereocenters. The second-order valence-corrected chi connectivity index (χ2v) is 15.9. The molecule has 0 radical (unpaired) electrons. The Kier molecular flexibility index (Phi) is 8.45. The molecule has 0 bridgehead atoms. The van der Waals surface area contributed by atoms with Gasteiger partial charge in [0.25, 0.3) is 0 Å². The fourth-order valence-corrected chi connectivity index (χ4v) is 6.88. The van der Waals surface area contributed by atoms with Crippen molar-refractivity contribution in [3.05, 3.63) is 131 Å². The van der Waals surface area contributed by atoms with Gasteiger partial charge in [-0.1, -0.05) is 72.2 Å². The summed E-state index contributed by atoms with van der Waals surface area (Å²) in [7, 11) is 0. The lowest BCUT2D eigenvalue weighted by Crippen LogP contribution is -2.27. The summed E-state index contributed by atoms with van der Waals surface area (Å²) in [5.74, 6) is 13.1. The minimum Gasteiger partial charge on any atom is -0.443 e. The number of fused-ring (bicyclic) bond motifs is 8. The van der Waals surface area contributed by atoms with Crippen molar-refractivity contribution in [2.24, 2.45) is 0 Å². The van der Waals surface area contributed by atoms with E-state index in [1.807, 2.05) is 151 Å². The number of ether oxygens (including phenoxy) is 2. The first kappa shape index (κ1) is 36.1. The number of aromatic nitrogens is 6. The molecule has 10 nitrogen and oxygen atoms in total. The Morgan fingerprint density at radius 3 is 1.26 bits per heavy atom. The molecule has 0 amide bonds. The van der Waals surface area contributed by atoms with Crippen molar-refractivity contribution in [1.29, 1.82) is 0 Å². The molecule has 0 fully saturated rings. The second-order valence-electron chi connectivity index (χ2n) is 15.9. The van der Waals surface area contributed by atoms with E-state index in [1.54, 1.807) is 0 Å². The Morgan fingerprint density at radius 1 is 0.466 bits per heavy atom. The molecule has 0 aliphatic rings. The van der Waals surface area contributed by atoms with Crippen molar-refractivity contribution < 1.29 is 19.1 Å². The smallest absolute Gasteiger partial charge is 0.420 e. The number of para-hydroxylation sites is 4. The molecule has 282 valence electrons. The Morgan fingerprint density at radius 2 is 0.862 bits per heavy atom. The summed E-state index contributed by atoms with van der Waals surface area (Å²) < 4.78 is 14.5. The third-order valence-corrected chi connectivity index (χ3v) is 9.30. The third-order valence-electron chi connectivity index (χ3n) is 9.30. The van der Waals surface area contributed by atoms with E-state index in [9.17, 15) is 9.59 Å². The van der Waals surface area contributed by atoms with Gasteiger partial charge in [0.05, 0.1) is 33.2 Å². The maximum Gasteiger partial charge on any atom is 0.420 e. The highest BCUT2D eigenvalue weighted by molar-refractivity contribution is 6.12. The number of carbonyl (C=O) groups is 2. The molecule has 4 aromatic heterocycles. The number of carbonyl (C=O) groups excluding carboxylic acids is 2. The fourth-order valence-electron chi connectivity index (χ4n) is 6.88. The number of nitrogens with zero attached hydrogens (tertiary/aromatic N) is 6. The van der Waals surface area contributed by atoms with Crippen molar-refractivity contribution in [3.8, 4) is 23.7 Å². The average Bonchev–Trinajstić information content (AvgIpc) is 3.68. The lowest BCUT2D eigenvalue weighted by Gasteiger charge is -2.20. The van der Waals surface area contributed by atoms with Crippen LogP contribution in [0.2, 0.25) is 0 Å². The van der Waals surface area contributed by atoms with Crippen molar-refractivity contribution >= 4 is 78.4 Å². The lowest BCUT2D eigenvalue weighted by molar-refractivity contribution is 0.0539. The SMILES string of the molecule is CC(C)(C)OC(=O)n1c2ccccc2c2nc3c(C#Cc4ccc(C#Cc5cccc6nc7c(nc56)c5ccccc5n7C(=O)OC(C)(C)C)cc4)cccc3nc21. The molecular weight excluding hydrogens is 725 g/mol. The summed E-state index contributed by atoms with van der Waals surface area (Å²) in [6.07, 6.45) is -1.02. The summed E-state index contributed by atoms with van der Waals surface area (Å²) in [6, 6.07) is 34.2. The lowest BCUT2D eigenvalue weighted by atomic mass is 10.1. The monoisotopic (exact) mass is 760 g/mol. The van der Waals surface area contributed by atoms with E-state index in [4.69, 9.17) is 29.4 Å². The van der Waals surface area contributed by atoms with Gasteiger partial charge in [-0.15, -0.1) is 0 Å². The average molecular weight is 761 g/mol. The van der Waals surface area contributed by atoms with Gasteiger partial charge in [0.15, 0.2) is 11.3 Å². The molecule has 0 atom stereocenters. The Bertz CT molecular complexity index is 3080. The molecule has 0 aliphatic carbocycles. The zero-order valence-corrected chi connectivity index (χ0v) is 32.7. The van der Waals surface area contributed by atoms with Crippen LogP contribution >= 0.6 is 0 Å². The summed E-state index contributed by atoms with van der Waals surface area (Å²) in [6.45, 7) is 11.0. The highest BCUT2D eigenvalue weighted by Crippen LogP contribution is 2.32. The van der Waals surface area contributed by atoms with Crippen molar-refractivity contribution in [3.63, 3.8) is 0 Å². The van der Waals surface area contributed by atoms with Gasteiger partial charge >= 0.3 is 12.2 Å². The zero-order chi connectivity index (χ0) is 40.3. The van der Waals surface area contributed by atoms with Crippen LogP contribution < -0.4 is 0 Å². The minimum atomic E-state index is -0.678. The van der Waals surface area contributed by atoms with Gasteiger partial charge in [-0.3, -0.25) is 0 Å². The standard InChI is InChI=1S/C48H36N6O4/c1-47(2,3)57-45(55)53-37-19-9-7-15-33(37)41-43(53)49-35-17-11-13-31(39(35)51-41)27-25-29-21-23-30(24-22-29)26-28-32-14-12-18-36-40(32)52-42-34-16-8-10-20-38(34)54(44(42)50-36)46(56)58-48(4,5)6/h7-24H,1-6H3. The highest BCUT2D eigenvalue weighted by atomic mass is 16.6. The normalized spacial score (nSPS) is 11.8. The van der Waals surface area contributed by atoms with E-state index >= 15 is 0 Å². The number of hydrogen-bond donors (Lipinski definition) is 0. The van der Waals surface area contributed by atoms with E-state index in [-0.39, 0.29) is 0 Å². The van der Waals surface area contributed by atoms with E-state index in [2.05, 4.69) is 23.7 Å². The largest absolute Gasteiger partial charge is 0.443 e. The molecule has 58 heavy (non-hydrogen) atoms. The van der Waals surface area contributed by atoms with Gasteiger partial charge in [0.1, 0.15) is 33.3 Å². The predicted octanol–water partition coefficient (Wildman–Crippen LogP) is 10.2. The van der Waals surface area contributed by atoms with Gasteiger partial charge < -0.3 is 9.47 Å². The van der Waals surface area contributed by atoms with Crippen LogP contribution in [0.3, 0.4) is 0 Å². The molecule has 10 heteroatoms. The summed E-state index contributed by atoms with van der Waals surface area (Å²) in [5, 5.41) is 1.60. The van der Waals surface area contributed by atoms with Crippen LogP contribution in [0.1, 0.15) is 63.8 Å². The first-order valence-electron chi connectivity index (χ1n) is 18.8. The van der Waals surface area contributed by atoms with Crippen LogP contribution in [0.4, 0.5) is 9.59 Å². The van der Waals surface area contributed by atoms with Gasteiger partial charge in [-0.25, -0.2) is 38.7 Å². The molecule has 9 aromatic rings. The predicted molar refractivity (Wildman–Crippen MR) is 227 cm³/mol. The van der Waals surface area contributed by atoms with E-state index in [1.165, 1.54) is 9.13 Å². The quantitative estimate of drug-likeness (QED) is 0.140. The van der Waals surface area contributed by atoms with E-state index in [0.717, 1.165) is 21.9 Å². The van der Waals surface area contributed by atoms with Crippen LogP contribution in [0.25, 0.3) is 66.2 Å². The van der Waals surface area contributed by atoms with Gasteiger partial charge in [-0.2, -0.15) is 0 Å². The van der Waals surface area contributed by atoms with Crippen molar-refractivity contribution in [2.75, 3.05) is 0 Å². The molecule has 5 aromatic carbocycles. The topological polar surface area (TPSA) is 114 Å². The molecule has 0 aliphatic heterocycles. The van der Waals surface area contributed by atoms with E-state index < -0.39 is 23.4 Å². The molecular formula is C48H36N6O4. The summed E-state index contributed by atoms with van der Waals surface area (Å²) >= 11 is 0. The summed E-state index contributed by atoms with van der Waals surface area (Å²) in [4.78, 5) is 46.5. The Hall–Kier alpha value is -7.56. The molecule has 9 rings (SSSR count). The number of benzene rings is 5. The molecule has 0 saturated carbocycles. The maximum atomic E-state index is 13.4. The fraction of sp³-hybridized carbons (Fsp3) is 0.167. The zero-order valence-electron chi connectivity index (χ0n) is 32.7. The van der Waals surface area contributed by atoms with Crippen LogP contribution in [-0.2, 0) is 9.47 Å². The van der Waals surface area contributed by atoms with Crippen molar-refractivity contribution in [2.45, 2.75) is 52.7 Å². The van der Waals surface area contributed by atoms with Crippen LogP contribution in [0.15, 0.2) is 109 Å². The van der Waals surface area contributed by atoms with Gasteiger partial charge in [0.2, 0.25) is 0 Å². The first-order chi connectivity index (χ1) is 27.8. The second kappa shape index (κ2) is 13.6. The molecule has 4 heterocycles. The van der Waals surface area contributed by atoms with Crippen molar-refractivity contribution in [1.82, 2.24) is 29.1 Å². The van der Waals surface area contributed by atoms with Crippen LogP contribution in [0, 0.1) is 23.7 Å². The van der Waals surface area contributed by atoms with Crippen LogP contribution in [0.5, 0.6) is 0 Å². The minimum absolute atomic E-state index is 0.430. The van der Waals surface area contributed by atoms with Gasteiger partial charge in [0, 0.05) is 21.9 Å². The van der Waals surface area contributed by atoms with Crippen LogP contribution in [-0.4, -0.2) is 52.5 Å². The third kappa shape index (κ3) is 6.61. The Labute approximate surface area is 333 Å². The Balaban J connectivity index is 1.03. The summed E-state index contributed by atoms with van der Waals surface area (Å²) in [5.41, 5.74) is 7.59. The first-order valence-corrected chi connectivity index (χ1v) is 18.8. The van der Waals surface area contributed by atoms with Gasteiger partial charge in [-0.05, 0) is 102 Å². The molecule has 0 spiro atoms. The van der Waals surface area contributed by atoms with E-state index in [0.29, 0.717) is 66.6 Å². The maximum absolute atomic E-state index is 13.4. The molecule has 0 saturated heterocycles. The number of hydrogen-bond acceptors (Lipinski definition) is 8. The highest BCUT2D eigenvalue weighted by Gasteiger charge is 2.26.